The Morgan fingerprint density at radius 2 is 1.53 bits per heavy atom. The molecule has 2 aromatic rings. The molecule has 2 nitrogen and oxygen atoms in total. The zero-order valence-electron chi connectivity index (χ0n) is 10.6. The number of ketones is 1. The molecule has 0 saturated heterocycles. The average Bonchev–Trinajstić information content (AvgIpc) is 2.49. The van der Waals surface area contributed by atoms with Crippen molar-refractivity contribution in [3.8, 4) is 0 Å². The van der Waals surface area contributed by atoms with E-state index >= 15 is 0 Å². The minimum Gasteiger partial charge on any atom is -0.375 e. The van der Waals surface area contributed by atoms with E-state index in [2.05, 4.69) is 15.9 Å². The highest BCUT2D eigenvalue weighted by Gasteiger charge is 2.27. The van der Waals surface area contributed by atoms with Crippen LogP contribution in [0.25, 0.3) is 0 Å². The number of rotatable bonds is 5. The van der Waals surface area contributed by atoms with Crippen LogP contribution in [0.1, 0.15) is 22.0 Å². The number of ether oxygens (including phenoxy) is 1. The van der Waals surface area contributed by atoms with E-state index in [1.807, 2.05) is 60.7 Å². The maximum Gasteiger partial charge on any atom is 0.179 e. The Morgan fingerprint density at radius 3 is 2.05 bits per heavy atom. The Kier molecular flexibility index (Phi) is 4.88. The first-order valence-corrected chi connectivity index (χ1v) is 6.96. The predicted molar refractivity (Wildman–Crippen MR) is 79.7 cm³/mol. The Labute approximate surface area is 121 Å². The topological polar surface area (TPSA) is 26.3 Å². The van der Waals surface area contributed by atoms with Crippen molar-refractivity contribution in [2.75, 3.05) is 7.11 Å². The van der Waals surface area contributed by atoms with Gasteiger partial charge in [-0.2, -0.15) is 0 Å². The van der Waals surface area contributed by atoms with Crippen molar-refractivity contribution in [3.63, 3.8) is 0 Å². The highest BCUT2D eigenvalue weighted by Crippen LogP contribution is 2.28. The van der Waals surface area contributed by atoms with Crippen LogP contribution in [0, 0.1) is 0 Å². The lowest BCUT2D eigenvalue weighted by Gasteiger charge is -2.20. The first kappa shape index (κ1) is 14.0. The summed E-state index contributed by atoms with van der Waals surface area (Å²) in [5.41, 5.74) is 1.67. The first-order chi connectivity index (χ1) is 9.24. The van der Waals surface area contributed by atoms with Crippen LogP contribution in [0.15, 0.2) is 60.7 Å². The van der Waals surface area contributed by atoms with Gasteiger partial charge in [-0.25, -0.2) is 0 Å². The maximum absolute atomic E-state index is 12.4. The van der Waals surface area contributed by atoms with E-state index in [1.54, 1.807) is 7.11 Å². The van der Waals surface area contributed by atoms with E-state index < -0.39 is 4.83 Å². The third-order valence-electron chi connectivity index (χ3n) is 2.96. The zero-order valence-corrected chi connectivity index (χ0v) is 12.2. The largest absolute Gasteiger partial charge is 0.375 e. The molecule has 0 radical (unpaired) electrons. The van der Waals surface area contributed by atoms with Crippen molar-refractivity contribution < 1.29 is 9.53 Å². The molecule has 0 aliphatic carbocycles. The van der Waals surface area contributed by atoms with Gasteiger partial charge in [-0.05, 0) is 5.56 Å². The molecular formula is C16H15BrO2. The second kappa shape index (κ2) is 6.64. The second-order valence-electron chi connectivity index (χ2n) is 4.20. The number of alkyl halides is 1. The Balaban J connectivity index is 2.22. The predicted octanol–water partition coefficient (Wildman–Crippen LogP) is 4.02. The molecule has 2 atom stereocenters. The van der Waals surface area contributed by atoms with Gasteiger partial charge in [0.2, 0.25) is 0 Å². The van der Waals surface area contributed by atoms with Gasteiger partial charge in [0.15, 0.2) is 5.78 Å². The molecule has 98 valence electrons. The van der Waals surface area contributed by atoms with Crippen LogP contribution < -0.4 is 0 Å². The van der Waals surface area contributed by atoms with Crippen molar-refractivity contribution >= 4 is 21.7 Å². The van der Waals surface area contributed by atoms with Crippen molar-refractivity contribution in [3.05, 3.63) is 71.8 Å². The molecule has 0 aliphatic rings. The molecule has 0 aliphatic heterocycles. The number of hydrogen-bond acceptors (Lipinski definition) is 2. The first-order valence-electron chi connectivity index (χ1n) is 6.05. The average molecular weight is 319 g/mol. The van der Waals surface area contributed by atoms with Crippen molar-refractivity contribution in [2.24, 2.45) is 0 Å². The quantitative estimate of drug-likeness (QED) is 0.614. The standard InChI is InChI=1S/C16H15BrO2/c1-19-16(13-10-6-3-7-11-13)14(17)15(18)12-8-4-2-5-9-12/h2-11,14,16H,1H3/t14-,16+/m1/s1. The van der Waals surface area contributed by atoms with E-state index in [9.17, 15) is 4.79 Å². The molecular weight excluding hydrogens is 304 g/mol. The highest BCUT2D eigenvalue weighted by molar-refractivity contribution is 9.10. The Bertz CT molecular complexity index is 525. The number of halogens is 1. The monoisotopic (exact) mass is 318 g/mol. The number of hydrogen-bond donors (Lipinski definition) is 0. The van der Waals surface area contributed by atoms with Gasteiger partial charge < -0.3 is 4.74 Å². The molecule has 0 N–H and O–H groups in total. The highest BCUT2D eigenvalue weighted by atomic mass is 79.9. The Morgan fingerprint density at radius 1 is 1.00 bits per heavy atom. The molecule has 19 heavy (non-hydrogen) atoms. The molecule has 0 aromatic heterocycles. The zero-order chi connectivity index (χ0) is 13.7. The fourth-order valence-corrected chi connectivity index (χ4v) is 2.75. The molecule has 2 aromatic carbocycles. The summed E-state index contributed by atoms with van der Waals surface area (Å²) in [6, 6.07) is 19.0. The summed E-state index contributed by atoms with van der Waals surface area (Å²) >= 11 is 3.47. The number of Topliss-reactive ketones (excluding diaryl/α,β-unsaturated/α-hetero) is 1. The van der Waals surface area contributed by atoms with E-state index in [-0.39, 0.29) is 11.9 Å². The summed E-state index contributed by atoms with van der Waals surface area (Å²) in [5, 5.41) is 0. The molecule has 0 spiro atoms. The molecule has 0 fully saturated rings. The van der Waals surface area contributed by atoms with Gasteiger partial charge in [0, 0.05) is 12.7 Å². The van der Waals surface area contributed by atoms with E-state index in [0.29, 0.717) is 5.56 Å². The second-order valence-corrected chi connectivity index (χ2v) is 5.19. The van der Waals surface area contributed by atoms with Crippen LogP contribution in [0.5, 0.6) is 0 Å². The summed E-state index contributed by atoms with van der Waals surface area (Å²) < 4.78 is 5.47. The molecule has 0 bridgehead atoms. The number of carbonyl (C=O) groups is 1. The smallest absolute Gasteiger partial charge is 0.179 e. The van der Waals surface area contributed by atoms with Gasteiger partial charge in [0.25, 0.3) is 0 Å². The molecule has 3 heteroatoms. The third kappa shape index (κ3) is 3.31. The van der Waals surface area contributed by atoms with E-state index in [4.69, 9.17) is 4.74 Å². The molecule has 0 heterocycles. The van der Waals surface area contributed by atoms with Gasteiger partial charge in [-0.15, -0.1) is 0 Å². The van der Waals surface area contributed by atoms with Crippen LogP contribution >= 0.6 is 15.9 Å². The van der Waals surface area contributed by atoms with Gasteiger partial charge in [0.05, 0.1) is 0 Å². The lowest BCUT2D eigenvalue weighted by Crippen LogP contribution is -2.24. The van der Waals surface area contributed by atoms with Crippen LogP contribution in [0.4, 0.5) is 0 Å². The van der Waals surface area contributed by atoms with Gasteiger partial charge in [-0.3, -0.25) is 4.79 Å². The number of methoxy groups -OCH3 is 1. The summed E-state index contributed by atoms with van der Waals surface area (Å²) in [7, 11) is 1.62. The van der Waals surface area contributed by atoms with Crippen LogP contribution in [0.3, 0.4) is 0 Å². The summed E-state index contributed by atoms with van der Waals surface area (Å²) in [6.07, 6.45) is -0.297. The fraction of sp³-hybridized carbons (Fsp3) is 0.188. The number of carbonyl (C=O) groups excluding carboxylic acids is 1. The summed E-state index contributed by atoms with van der Waals surface area (Å²) in [4.78, 5) is 12.0. The van der Waals surface area contributed by atoms with Crippen molar-refractivity contribution in [2.45, 2.75) is 10.9 Å². The van der Waals surface area contributed by atoms with Crippen LogP contribution in [0.2, 0.25) is 0 Å². The van der Waals surface area contributed by atoms with E-state index in [0.717, 1.165) is 5.56 Å². The van der Waals surface area contributed by atoms with Crippen molar-refractivity contribution in [1.82, 2.24) is 0 Å². The molecule has 0 unspecified atom stereocenters. The van der Waals surface area contributed by atoms with Crippen LogP contribution in [-0.4, -0.2) is 17.7 Å². The lowest BCUT2D eigenvalue weighted by molar-refractivity contribution is 0.0770. The lowest BCUT2D eigenvalue weighted by atomic mass is 10.00. The minimum absolute atomic E-state index is 0.0244. The van der Waals surface area contributed by atoms with Gasteiger partial charge in [-0.1, -0.05) is 76.6 Å². The summed E-state index contributed by atoms with van der Waals surface area (Å²) in [6.45, 7) is 0. The third-order valence-corrected chi connectivity index (χ3v) is 3.85. The minimum atomic E-state index is -0.401. The summed E-state index contributed by atoms with van der Waals surface area (Å²) in [5.74, 6) is 0.0244. The number of benzene rings is 2. The van der Waals surface area contributed by atoms with Crippen molar-refractivity contribution in [1.29, 1.82) is 0 Å². The molecule has 0 saturated carbocycles. The fourth-order valence-electron chi connectivity index (χ4n) is 1.97. The maximum atomic E-state index is 12.4. The van der Waals surface area contributed by atoms with Crippen LogP contribution in [-0.2, 0) is 4.74 Å². The molecule has 0 amide bonds. The normalized spacial score (nSPS) is 13.8. The van der Waals surface area contributed by atoms with Gasteiger partial charge in [0.1, 0.15) is 10.9 Å². The Hall–Kier alpha value is -1.45. The van der Waals surface area contributed by atoms with Gasteiger partial charge >= 0.3 is 0 Å². The molecule has 2 rings (SSSR count). The SMILES string of the molecule is CO[C@@H](c1ccccc1)[C@H](Br)C(=O)c1ccccc1. The van der Waals surface area contributed by atoms with E-state index in [1.165, 1.54) is 0 Å².